The molecule has 0 unspecified atom stereocenters. The van der Waals surface area contributed by atoms with Crippen LogP contribution in [0.3, 0.4) is 0 Å². The number of hydrogen-bond donors (Lipinski definition) is 1. The highest BCUT2D eigenvalue weighted by atomic mass is 32.2. The van der Waals surface area contributed by atoms with Crippen LogP contribution in [0.2, 0.25) is 0 Å². The number of ether oxygens (including phenoxy) is 2. The molecule has 0 saturated carbocycles. The average molecular weight is 460 g/mol. The second-order valence-electron chi connectivity index (χ2n) is 7.98. The van der Waals surface area contributed by atoms with Gasteiger partial charge in [-0.2, -0.15) is 4.31 Å². The second-order valence-corrected chi connectivity index (χ2v) is 9.92. The Morgan fingerprint density at radius 2 is 1.72 bits per heavy atom. The summed E-state index contributed by atoms with van der Waals surface area (Å²) in [7, 11) is -1.99. The predicted molar refractivity (Wildman–Crippen MR) is 122 cm³/mol. The second kappa shape index (κ2) is 9.89. The molecular weight excluding hydrogens is 430 g/mol. The molecule has 1 N–H and O–H groups in total. The summed E-state index contributed by atoms with van der Waals surface area (Å²) in [6.45, 7) is 3.09. The van der Waals surface area contributed by atoms with Crippen LogP contribution in [0, 0.1) is 0 Å². The number of carbonyl (C=O) groups is 1. The number of nitrogens with one attached hydrogen (secondary N) is 1. The molecule has 9 heteroatoms. The summed E-state index contributed by atoms with van der Waals surface area (Å²) < 4.78 is 37.6. The highest BCUT2D eigenvalue weighted by Gasteiger charge is 2.27. The lowest BCUT2D eigenvalue weighted by atomic mass is 10.0. The Balaban J connectivity index is 1.36. The Morgan fingerprint density at radius 1 is 1.03 bits per heavy atom. The topological polar surface area (TPSA) is 88.2 Å². The fraction of sp³-hybridized carbons (Fsp3) is 0.435. The Hall–Kier alpha value is -2.62. The van der Waals surface area contributed by atoms with E-state index in [0.717, 1.165) is 37.4 Å². The van der Waals surface area contributed by atoms with Crippen LogP contribution in [0.15, 0.2) is 53.4 Å². The van der Waals surface area contributed by atoms with E-state index in [1.54, 1.807) is 19.2 Å². The van der Waals surface area contributed by atoms with E-state index in [2.05, 4.69) is 10.2 Å². The Morgan fingerprint density at radius 3 is 2.38 bits per heavy atom. The molecule has 0 bridgehead atoms. The molecule has 2 heterocycles. The van der Waals surface area contributed by atoms with Crippen LogP contribution in [0.5, 0.6) is 5.75 Å². The third-order valence-electron chi connectivity index (χ3n) is 5.97. The van der Waals surface area contributed by atoms with Crippen molar-refractivity contribution in [3.63, 3.8) is 0 Å². The molecule has 0 radical (unpaired) electrons. The number of hydrogen-bond acceptors (Lipinski definition) is 6. The number of piperidine rings is 1. The molecule has 0 aliphatic carbocycles. The third-order valence-corrected chi connectivity index (χ3v) is 7.87. The first kappa shape index (κ1) is 22.6. The van der Waals surface area contributed by atoms with Crippen LogP contribution in [-0.4, -0.2) is 71.2 Å². The van der Waals surface area contributed by atoms with Crippen molar-refractivity contribution in [2.45, 2.75) is 23.8 Å². The summed E-state index contributed by atoms with van der Waals surface area (Å²) >= 11 is 0. The first-order valence-corrected chi connectivity index (χ1v) is 12.3. The zero-order valence-corrected chi connectivity index (χ0v) is 19.0. The lowest BCUT2D eigenvalue weighted by molar-refractivity contribution is 0.0730. The average Bonchev–Trinajstić information content (AvgIpc) is 2.85. The van der Waals surface area contributed by atoms with Crippen molar-refractivity contribution >= 4 is 21.6 Å². The van der Waals surface area contributed by atoms with Gasteiger partial charge >= 0.3 is 0 Å². The van der Waals surface area contributed by atoms with Gasteiger partial charge in [-0.1, -0.05) is 6.07 Å². The van der Waals surface area contributed by atoms with Gasteiger partial charge in [0.15, 0.2) is 0 Å². The lowest BCUT2D eigenvalue weighted by Crippen LogP contribution is -2.44. The Kier molecular flexibility index (Phi) is 6.98. The minimum Gasteiger partial charge on any atom is -0.497 e. The normalized spacial score (nSPS) is 18.3. The lowest BCUT2D eigenvalue weighted by Gasteiger charge is -2.34. The molecule has 4 rings (SSSR count). The molecule has 0 spiro atoms. The monoisotopic (exact) mass is 459 g/mol. The number of nitrogens with zero attached hydrogens (tertiary/aromatic N) is 2. The number of anilines is 1. The minimum atomic E-state index is -3.64. The van der Waals surface area contributed by atoms with Crippen LogP contribution < -0.4 is 15.0 Å². The summed E-state index contributed by atoms with van der Waals surface area (Å²) in [6, 6.07) is 14.3. The highest BCUT2D eigenvalue weighted by Crippen LogP contribution is 2.23. The van der Waals surface area contributed by atoms with Crippen molar-refractivity contribution in [2.24, 2.45) is 0 Å². The van der Waals surface area contributed by atoms with Crippen molar-refractivity contribution in [1.82, 2.24) is 9.62 Å². The van der Waals surface area contributed by atoms with Crippen molar-refractivity contribution in [1.29, 1.82) is 0 Å². The van der Waals surface area contributed by atoms with Gasteiger partial charge in [0.2, 0.25) is 10.0 Å². The van der Waals surface area contributed by atoms with Gasteiger partial charge in [-0.05, 0) is 55.3 Å². The van der Waals surface area contributed by atoms with Gasteiger partial charge in [-0.25, -0.2) is 8.42 Å². The molecule has 2 aliphatic rings. The van der Waals surface area contributed by atoms with Gasteiger partial charge in [0, 0.05) is 43.5 Å². The summed E-state index contributed by atoms with van der Waals surface area (Å²) in [5, 5.41) is 3.07. The van der Waals surface area contributed by atoms with E-state index >= 15 is 0 Å². The van der Waals surface area contributed by atoms with E-state index < -0.39 is 10.0 Å². The maximum Gasteiger partial charge on any atom is 0.251 e. The van der Waals surface area contributed by atoms with Gasteiger partial charge in [0.25, 0.3) is 5.91 Å². The first-order chi connectivity index (χ1) is 15.5. The van der Waals surface area contributed by atoms with Crippen molar-refractivity contribution < 1.29 is 22.7 Å². The van der Waals surface area contributed by atoms with E-state index in [0.29, 0.717) is 31.9 Å². The quantitative estimate of drug-likeness (QED) is 0.712. The van der Waals surface area contributed by atoms with Crippen molar-refractivity contribution in [3.05, 3.63) is 54.1 Å². The summed E-state index contributed by atoms with van der Waals surface area (Å²) in [5.41, 5.74) is 1.49. The van der Waals surface area contributed by atoms with E-state index in [-0.39, 0.29) is 16.8 Å². The fourth-order valence-corrected chi connectivity index (χ4v) is 5.53. The van der Waals surface area contributed by atoms with Crippen LogP contribution in [0.1, 0.15) is 23.2 Å². The molecule has 2 aromatic rings. The SMILES string of the molecule is COc1ccc(N2CCC(NC(=O)c3cccc(S(=O)(=O)N4CCOCC4)c3)CC2)cc1. The van der Waals surface area contributed by atoms with Crippen molar-refractivity contribution in [3.8, 4) is 5.75 Å². The largest absolute Gasteiger partial charge is 0.497 e. The van der Waals surface area contributed by atoms with Gasteiger partial charge in [0.1, 0.15) is 5.75 Å². The molecular formula is C23H29N3O5S. The number of benzene rings is 2. The maximum absolute atomic E-state index is 12.9. The van der Waals surface area contributed by atoms with E-state index in [1.165, 1.54) is 16.4 Å². The number of amides is 1. The number of sulfonamides is 1. The minimum absolute atomic E-state index is 0.0523. The van der Waals surface area contributed by atoms with Gasteiger partial charge in [-0.3, -0.25) is 4.79 Å². The van der Waals surface area contributed by atoms with Gasteiger partial charge in [0.05, 0.1) is 25.2 Å². The predicted octanol–water partition coefficient (Wildman–Crippen LogP) is 2.11. The third kappa shape index (κ3) is 5.06. The van der Waals surface area contributed by atoms with Gasteiger partial charge in [-0.15, -0.1) is 0 Å². The number of morpholine rings is 1. The highest BCUT2D eigenvalue weighted by molar-refractivity contribution is 7.89. The maximum atomic E-state index is 12.9. The molecule has 1 amide bonds. The van der Waals surface area contributed by atoms with E-state index in [4.69, 9.17) is 9.47 Å². The smallest absolute Gasteiger partial charge is 0.251 e. The molecule has 0 atom stereocenters. The summed E-state index contributed by atoms with van der Waals surface area (Å²) in [6.07, 6.45) is 1.65. The van der Waals surface area contributed by atoms with Crippen LogP contribution >= 0.6 is 0 Å². The molecule has 32 heavy (non-hydrogen) atoms. The Bertz CT molecular complexity index is 1030. The number of methoxy groups -OCH3 is 1. The number of rotatable bonds is 6. The molecule has 8 nitrogen and oxygen atoms in total. The van der Waals surface area contributed by atoms with Crippen LogP contribution in [0.4, 0.5) is 5.69 Å². The van der Waals surface area contributed by atoms with Gasteiger partial charge < -0.3 is 19.7 Å². The zero-order valence-electron chi connectivity index (χ0n) is 18.2. The summed E-state index contributed by atoms with van der Waals surface area (Å²) in [5.74, 6) is 0.584. The molecule has 2 aromatic carbocycles. The summed E-state index contributed by atoms with van der Waals surface area (Å²) in [4.78, 5) is 15.3. The standard InChI is InChI=1S/C23H29N3O5S/c1-30-21-7-5-20(6-8-21)25-11-9-19(10-12-25)24-23(27)18-3-2-4-22(17-18)32(28,29)26-13-15-31-16-14-26/h2-8,17,19H,9-16H2,1H3,(H,24,27). The van der Waals surface area contributed by atoms with E-state index in [9.17, 15) is 13.2 Å². The van der Waals surface area contributed by atoms with Crippen LogP contribution in [-0.2, 0) is 14.8 Å². The fourth-order valence-electron chi connectivity index (χ4n) is 4.08. The molecule has 2 fully saturated rings. The molecule has 2 saturated heterocycles. The number of carbonyl (C=O) groups excluding carboxylic acids is 1. The Labute approximate surface area is 189 Å². The van der Waals surface area contributed by atoms with Crippen molar-refractivity contribution in [2.75, 3.05) is 51.4 Å². The molecule has 0 aromatic heterocycles. The van der Waals surface area contributed by atoms with E-state index in [1.807, 2.05) is 24.3 Å². The molecule has 2 aliphatic heterocycles. The first-order valence-electron chi connectivity index (χ1n) is 10.9. The van der Waals surface area contributed by atoms with Crippen LogP contribution in [0.25, 0.3) is 0 Å². The zero-order chi connectivity index (χ0) is 22.6. The molecule has 172 valence electrons.